The predicted octanol–water partition coefficient (Wildman–Crippen LogP) is 11.8. The molecule has 0 aliphatic carbocycles. The molecule has 0 aromatic heterocycles. The Bertz CT molecular complexity index is 1130. The summed E-state index contributed by atoms with van der Waals surface area (Å²) in [5.41, 5.74) is 0. The van der Waals surface area contributed by atoms with E-state index in [1.807, 2.05) is 0 Å². The van der Waals surface area contributed by atoms with E-state index in [1.165, 1.54) is 141 Å². The maximum absolute atomic E-state index is 12.8. The van der Waals surface area contributed by atoms with E-state index < -0.39 is 54.7 Å². The summed E-state index contributed by atoms with van der Waals surface area (Å²) < 4.78 is 21.8. The number of aliphatic carboxylic acids is 1. The van der Waals surface area contributed by atoms with Gasteiger partial charge in [0, 0.05) is 12.8 Å². The molecule has 0 aromatic carbocycles. The quantitative estimate of drug-likeness (QED) is 0.0261. The number of unbranched alkanes of at least 4 members (excludes halogenated alkanes) is 28. The molecule has 11 nitrogen and oxygen atoms in total. The fourth-order valence-electron chi connectivity index (χ4n) is 7.75. The molecule has 1 fully saturated rings. The van der Waals surface area contributed by atoms with Crippen molar-refractivity contribution in [1.29, 1.82) is 0 Å². The standard InChI is InChI=1S/C51H92O11/c1-3-5-7-9-11-13-15-17-19-21-23-25-27-29-31-33-35-37-39-44(52)59-41-43(42-60-51-48(56)46(54)47(55)49(62-51)50(57)58)61-45(53)40-38-36-34-32-30-28-26-24-22-20-18-16-14-12-10-8-6-4-2/h19-22,43,46-49,51,54-56H,3-18,23-42H2,1-2H3,(H,57,58)/b21-19-,22-20-. The van der Waals surface area contributed by atoms with Crippen LogP contribution in [0.5, 0.6) is 0 Å². The summed E-state index contributed by atoms with van der Waals surface area (Å²) in [5, 5.41) is 39.9. The van der Waals surface area contributed by atoms with Crippen molar-refractivity contribution in [3.8, 4) is 0 Å². The van der Waals surface area contributed by atoms with Crippen molar-refractivity contribution >= 4 is 17.9 Å². The lowest BCUT2D eigenvalue weighted by Crippen LogP contribution is -2.60. The number of aliphatic hydroxyl groups excluding tert-OH is 3. The van der Waals surface area contributed by atoms with E-state index in [4.69, 9.17) is 18.9 Å². The Kier molecular flexibility index (Phi) is 38.5. The highest BCUT2D eigenvalue weighted by molar-refractivity contribution is 5.73. The molecule has 1 aliphatic heterocycles. The first kappa shape index (κ1) is 57.7. The van der Waals surface area contributed by atoms with Gasteiger partial charge in [-0.3, -0.25) is 9.59 Å². The molecule has 0 aromatic rings. The zero-order valence-electron chi connectivity index (χ0n) is 39.4. The molecule has 1 rings (SSSR count). The Hall–Kier alpha value is -2.31. The number of hydrogen-bond donors (Lipinski definition) is 4. The van der Waals surface area contributed by atoms with Crippen molar-refractivity contribution in [2.75, 3.05) is 13.2 Å². The van der Waals surface area contributed by atoms with Gasteiger partial charge >= 0.3 is 17.9 Å². The second-order valence-corrected chi connectivity index (χ2v) is 17.7. The molecular formula is C51H92O11. The van der Waals surface area contributed by atoms with Crippen LogP contribution in [0, 0.1) is 0 Å². The highest BCUT2D eigenvalue weighted by Gasteiger charge is 2.47. The van der Waals surface area contributed by atoms with Gasteiger partial charge in [-0.05, 0) is 64.2 Å². The number of aliphatic hydroxyl groups is 3. The summed E-state index contributed by atoms with van der Waals surface area (Å²) >= 11 is 0. The fourth-order valence-corrected chi connectivity index (χ4v) is 7.75. The molecule has 11 heteroatoms. The minimum Gasteiger partial charge on any atom is -0.479 e. The van der Waals surface area contributed by atoms with Crippen molar-refractivity contribution in [3.63, 3.8) is 0 Å². The Morgan fingerprint density at radius 1 is 0.484 bits per heavy atom. The van der Waals surface area contributed by atoms with E-state index in [2.05, 4.69) is 38.2 Å². The van der Waals surface area contributed by atoms with Gasteiger partial charge in [-0.15, -0.1) is 0 Å². The lowest BCUT2D eigenvalue weighted by Gasteiger charge is -2.38. The number of allylic oxidation sites excluding steroid dienone is 4. The molecule has 0 bridgehead atoms. The van der Waals surface area contributed by atoms with E-state index in [0.717, 1.165) is 51.4 Å². The number of ether oxygens (including phenoxy) is 4. The Balaban J connectivity index is 2.31. The molecule has 0 radical (unpaired) electrons. The van der Waals surface area contributed by atoms with Gasteiger partial charge < -0.3 is 39.4 Å². The number of esters is 2. The van der Waals surface area contributed by atoms with Gasteiger partial charge in [0.25, 0.3) is 0 Å². The predicted molar refractivity (Wildman–Crippen MR) is 248 cm³/mol. The maximum Gasteiger partial charge on any atom is 0.335 e. The number of carboxylic acids is 1. The first-order chi connectivity index (χ1) is 30.2. The Morgan fingerprint density at radius 3 is 1.26 bits per heavy atom. The van der Waals surface area contributed by atoms with Gasteiger partial charge in [0.05, 0.1) is 6.61 Å². The van der Waals surface area contributed by atoms with Crippen LogP contribution in [0.15, 0.2) is 24.3 Å². The summed E-state index contributed by atoms with van der Waals surface area (Å²) in [4.78, 5) is 37.0. The number of rotatable bonds is 43. The lowest BCUT2D eigenvalue weighted by atomic mass is 9.99. The SMILES string of the molecule is CCCCCCCCC/C=C\CCCCCCCCCC(=O)OCC(COC1OC(C(=O)O)C(O)C(O)C1O)OC(=O)CCCCCCCCC/C=C\CCCCCCCCC. The molecule has 362 valence electrons. The molecular weight excluding hydrogens is 789 g/mol. The largest absolute Gasteiger partial charge is 0.479 e. The first-order valence-corrected chi connectivity index (χ1v) is 25.4. The average molecular weight is 881 g/mol. The molecule has 0 spiro atoms. The van der Waals surface area contributed by atoms with Crippen molar-refractivity contribution in [2.24, 2.45) is 0 Å². The van der Waals surface area contributed by atoms with Gasteiger partial charge in [-0.2, -0.15) is 0 Å². The van der Waals surface area contributed by atoms with E-state index >= 15 is 0 Å². The van der Waals surface area contributed by atoms with Crippen LogP contribution in [0.4, 0.5) is 0 Å². The summed E-state index contributed by atoms with van der Waals surface area (Å²) in [6, 6.07) is 0. The highest BCUT2D eigenvalue weighted by Crippen LogP contribution is 2.23. The zero-order valence-corrected chi connectivity index (χ0v) is 39.4. The molecule has 1 saturated heterocycles. The first-order valence-electron chi connectivity index (χ1n) is 25.4. The maximum atomic E-state index is 12.8. The minimum absolute atomic E-state index is 0.179. The van der Waals surface area contributed by atoms with Gasteiger partial charge in [-0.1, -0.05) is 179 Å². The summed E-state index contributed by atoms with van der Waals surface area (Å²) in [5.74, 6) is -2.44. The van der Waals surface area contributed by atoms with E-state index in [0.29, 0.717) is 12.8 Å². The van der Waals surface area contributed by atoms with Crippen molar-refractivity contribution in [3.05, 3.63) is 24.3 Å². The van der Waals surface area contributed by atoms with Crippen LogP contribution < -0.4 is 0 Å². The third-order valence-corrected chi connectivity index (χ3v) is 11.8. The van der Waals surface area contributed by atoms with Gasteiger partial charge in [-0.25, -0.2) is 4.79 Å². The number of carbonyl (C=O) groups is 3. The summed E-state index contributed by atoms with van der Waals surface area (Å²) in [6.07, 6.45) is 37.9. The van der Waals surface area contributed by atoms with Crippen LogP contribution in [0.2, 0.25) is 0 Å². The average Bonchev–Trinajstić information content (AvgIpc) is 3.26. The number of carboxylic acid groups (broad SMARTS) is 1. The second kappa shape index (κ2) is 41.4. The van der Waals surface area contributed by atoms with Crippen molar-refractivity contribution in [1.82, 2.24) is 0 Å². The van der Waals surface area contributed by atoms with Gasteiger partial charge in [0.15, 0.2) is 18.5 Å². The van der Waals surface area contributed by atoms with Crippen LogP contribution >= 0.6 is 0 Å². The van der Waals surface area contributed by atoms with Crippen molar-refractivity contribution < 1.29 is 53.8 Å². The normalized spacial score (nSPS) is 19.7. The van der Waals surface area contributed by atoms with E-state index in [-0.39, 0.29) is 26.1 Å². The van der Waals surface area contributed by atoms with Crippen LogP contribution in [0.1, 0.15) is 232 Å². The lowest BCUT2D eigenvalue weighted by molar-refractivity contribution is -0.298. The molecule has 6 unspecified atom stereocenters. The fraction of sp³-hybridized carbons (Fsp3) is 0.863. The molecule has 0 amide bonds. The van der Waals surface area contributed by atoms with Crippen LogP contribution in [-0.2, 0) is 33.3 Å². The van der Waals surface area contributed by atoms with Crippen LogP contribution in [0.25, 0.3) is 0 Å². The number of carbonyl (C=O) groups excluding carboxylic acids is 2. The molecule has 62 heavy (non-hydrogen) atoms. The monoisotopic (exact) mass is 881 g/mol. The van der Waals surface area contributed by atoms with E-state index in [9.17, 15) is 34.8 Å². The topological polar surface area (TPSA) is 169 Å². The second-order valence-electron chi connectivity index (χ2n) is 17.7. The third-order valence-electron chi connectivity index (χ3n) is 11.8. The molecule has 1 aliphatic rings. The highest BCUT2D eigenvalue weighted by atomic mass is 16.7. The Labute approximate surface area is 377 Å². The molecule has 1 heterocycles. The zero-order chi connectivity index (χ0) is 45.3. The number of hydrogen-bond acceptors (Lipinski definition) is 10. The molecule has 0 saturated carbocycles. The van der Waals surface area contributed by atoms with Crippen LogP contribution in [-0.4, -0.2) is 88.4 Å². The smallest absolute Gasteiger partial charge is 0.335 e. The van der Waals surface area contributed by atoms with E-state index in [1.54, 1.807) is 0 Å². The molecule has 4 N–H and O–H groups in total. The summed E-state index contributed by atoms with van der Waals surface area (Å²) in [7, 11) is 0. The van der Waals surface area contributed by atoms with Gasteiger partial charge in [0.2, 0.25) is 0 Å². The van der Waals surface area contributed by atoms with Gasteiger partial charge in [0.1, 0.15) is 24.9 Å². The van der Waals surface area contributed by atoms with Crippen molar-refractivity contribution in [2.45, 2.75) is 269 Å². The summed E-state index contributed by atoms with van der Waals surface area (Å²) in [6.45, 7) is 3.83. The Morgan fingerprint density at radius 2 is 0.855 bits per heavy atom. The van der Waals surface area contributed by atoms with Crippen LogP contribution in [0.3, 0.4) is 0 Å². The third kappa shape index (κ3) is 32.4. The molecule has 6 atom stereocenters. The minimum atomic E-state index is -1.86.